The van der Waals surface area contributed by atoms with E-state index in [0.717, 1.165) is 18.9 Å². The van der Waals surface area contributed by atoms with Gasteiger partial charge in [0.05, 0.1) is 11.5 Å². The quantitative estimate of drug-likeness (QED) is 0.570. The molecule has 0 saturated heterocycles. The molecule has 2 aliphatic rings. The number of allylic oxidation sites excluding steroid dienone is 4. The van der Waals surface area contributed by atoms with E-state index < -0.39 is 11.7 Å². The third-order valence-corrected chi connectivity index (χ3v) is 2.49. The molecule has 1 aliphatic heterocycles. The molecule has 1 unspecified atom stereocenters. The Kier molecular flexibility index (Phi) is 2.21. The molecule has 0 aromatic rings. The van der Waals surface area contributed by atoms with Crippen LogP contribution in [0.15, 0.2) is 23.8 Å². The van der Waals surface area contributed by atoms with Gasteiger partial charge in [-0.3, -0.25) is 0 Å². The van der Waals surface area contributed by atoms with Crippen molar-refractivity contribution in [2.75, 3.05) is 6.54 Å². The van der Waals surface area contributed by atoms with E-state index in [1.165, 1.54) is 6.08 Å². The third-order valence-electron chi connectivity index (χ3n) is 2.49. The van der Waals surface area contributed by atoms with Gasteiger partial charge in [0.1, 0.15) is 0 Å². The van der Waals surface area contributed by atoms with E-state index in [-0.39, 0.29) is 5.92 Å². The standard InChI is InChI=1S/C10H10F3N/c11-10(12,13)8-4-3-7-2-1-5-14-9(7)6-8/h3-4,6-7H,1-2,5H2/q+1. The average molecular weight is 201 g/mol. The van der Waals surface area contributed by atoms with Crippen LogP contribution in [0.3, 0.4) is 0 Å². The van der Waals surface area contributed by atoms with Gasteiger partial charge in [-0.25, -0.2) is 0 Å². The minimum absolute atomic E-state index is 0.106. The second kappa shape index (κ2) is 3.26. The molecule has 4 heteroatoms. The van der Waals surface area contributed by atoms with Crippen molar-refractivity contribution in [2.24, 2.45) is 5.92 Å². The summed E-state index contributed by atoms with van der Waals surface area (Å²) < 4.78 is 37.0. The average Bonchev–Trinajstić information content (AvgIpc) is 2.16. The second-order valence-corrected chi connectivity index (χ2v) is 3.51. The number of aliphatic imine (C=N–C) groups is 1. The fourth-order valence-corrected chi connectivity index (χ4v) is 1.74. The van der Waals surface area contributed by atoms with Gasteiger partial charge in [-0.05, 0) is 6.42 Å². The van der Waals surface area contributed by atoms with Gasteiger partial charge in [-0.15, -0.1) is 0 Å². The van der Waals surface area contributed by atoms with Crippen molar-refractivity contribution in [3.05, 3.63) is 23.8 Å². The molecule has 0 bridgehead atoms. The molecule has 75 valence electrons. The molecule has 0 amide bonds. The molecule has 1 atom stereocenters. The minimum Gasteiger partial charge on any atom is -0.166 e. The summed E-state index contributed by atoms with van der Waals surface area (Å²) in [6, 6.07) is 0. The molecule has 0 saturated carbocycles. The lowest BCUT2D eigenvalue weighted by molar-refractivity contribution is -0.0882. The maximum atomic E-state index is 12.3. The van der Waals surface area contributed by atoms with Crippen molar-refractivity contribution in [3.63, 3.8) is 0 Å². The van der Waals surface area contributed by atoms with Crippen LogP contribution in [0, 0.1) is 5.92 Å². The summed E-state index contributed by atoms with van der Waals surface area (Å²) in [7, 11) is 0. The van der Waals surface area contributed by atoms with E-state index >= 15 is 0 Å². The van der Waals surface area contributed by atoms with Crippen LogP contribution in [0.2, 0.25) is 0 Å². The second-order valence-electron chi connectivity index (χ2n) is 3.51. The van der Waals surface area contributed by atoms with Crippen molar-refractivity contribution in [1.29, 1.82) is 0 Å². The molecule has 0 N–H and O–H groups in total. The SMILES string of the molecule is FC(F)(F)C1=CC2=[N+]CCCC2C=C1. The zero-order chi connectivity index (χ0) is 10.2. The molecule has 1 aliphatic carbocycles. The zero-order valence-corrected chi connectivity index (χ0v) is 7.51. The Bertz CT molecular complexity index is 323. The van der Waals surface area contributed by atoms with Gasteiger partial charge in [-0.1, -0.05) is 12.2 Å². The van der Waals surface area contributed by atoms with Crippen molar-refractivity contribution < 1.29 is 13.2 Å². The van der Waals surface area contributed by atoms with Gasteiger partial charge in [0, 0.05) is 17.5 Å². The third kappa shape index (κ3) is 1.74. The maximum Gasteiger partial charge on any atom is 0.416 e. The predicted molar refractivity (Wildman–Crippen MR) is 48.0 cm³/mol. The highest BCUT2D eigenvalue weighted by molar-refractivity contribution is 5.99. The molecule has 0 aromatic heterocycles. The summed E-state index contributed by atoms with van der Waals surface area (Å²) in [5, 5.41) is 0. The van der Waals surface area contributed by atoms with Gasteiger partial charge in [0.15, 0.2) is 0 Å². The summed E-state index contributed by atoms with van der Waals surface area (Å²) in [5.41, 5.74) is 0.000440. The van der Waals surface area contributed by atoms with Crippen molar-refractivity contribution in [1.82, 2.24) is 4.99 Å². The van der Waals surface area contributed by atoms with Gasteiger partial charge < -0.3 is 0 Å². The summed E-state index contributed by atoms with van der Waals surface area (Å²) in [6.07, 6.45) is 1.58. The van der Waals surface area contributed by atoms with E-state index in [1.54, 1.807) is 6.08 Å². The van der Waals surface area contributed by atoms with E-state index in [2.05, 4.69) is 4.99 Å². The number of alkyl halides is 3. The largest absolute Gasteiger partial charge is 0.416 e. The summed E-state index contributed by atoms with van der Waals surface area (Å²) in [6.45, 7) is 0.654. The van der Waals surface area contributed by atoms with Crippen LogP contribution in [0.1, 0.15) is 12.8 Å². The predicted octanol–water partition coefficient (Wildman–Crippen LogP) is 2.23. The Morgan fingerprint density at radius 2 is 2.14 bits per heavy atom. The Morgan fingerprint density at radius 3 is 2.86 bits per heavy atom. The minimum atomic E-state index is -4.25. The van der Waals surface area contributed by atoms with Crippen molar-refractivity contribution >= 4 is 5.71 Å². The molecule has 1 radical (unpaired) electrons. The van der Waals surface area contributed by atoms with E-state index in [4.69, 9.17) is 0 Å². The molecule has 1 heterocycles. The van der Waals surface area contributed by atoms with Crippen molar-refractivity contribution in [3.8, 4) is 0 Å². The molecular weight excluding hydrogens is 191 g/mol. The first-order valence-electron chi connectivity index (χ1n) is 4.59. The smallest absolute Gasteiger partial charge is 0.166 e. The fraction of sp³-hybridized carbons (Fsp3) is 0.500. The molecule has 0 aromatic carbocycles. The molecule has 2 rings (SSSR count). The van der Waals surface area contributed by atoms with Gasteiger partial charge in [-0.2, -0.15) is 13.2 Å². The van der Waals surface area contributed by atoms with Gasteiger partial charge in [0.2, 0.25) is 6.54 Å². The first-order valence-corrected chi connectivity index (χ1v) is 4.59. The van der Waals surface area contributed by atoms with Crippen LogP contribution in [0.5, 0.6) is 0 Å². The number of nitrogens with zero attached hydrogens (tertiary/aromatic N) is 1. The number of halogens is 3. The number of hydrogen-bond donors (Lipinski definition) is 0. The normalized spacial score (nSPS) is 26.6. The molecule has 0 spiro atoms. The molecule has 1 nitrogen and oxygen atoms in total. The van der Waals surface area contributed by atoms with E-state index in [0.29, 0.717) is 12.3 Å². The number of rotatable bonds is 0. The lowest BCUT2D eigenvalue weighted by atomic mass is 9.88. The lowest BCUT2D eigenvalue weighted by Gasteiger charge is -2.16. The maximum absolute atomic E-state index is 12.3. The Labute approximate surface area is 80.0 Å². The summed E-state index contributed by atoms with van der Waals surface area (Å²) in [4.78, 5) is 4.10. The van der Waals surface area contributed by atoms with Crippen molar-refractivity contribution in [2.45, 2.75) is 19.0 Å². The lowest BCUT2D eigenvalue weighted by Crippen LogP contribution is -2.27. The number of fused-ring (bicyclic) bond motifs is 1. The zero-order valence-electron chi connectivity index (χ0n) is 7.51. The monoisotopic (exact) mass is 201 g/mol. The molecule has 14 heavy (non-hydrogen) atoms. The van der Waals surface area contributed by atoms with Crippen LogP contribution >= 0.6 is 0 Å². The van der Waals surface area contributed by atoms with Crippen LogP contribution < -0.4 is 4.99 Å². The van der Waals surface area contributed by atoms with Gasteiger partial charge >= 0.3 is 6.18 Å². The summed E-state index contributed by atoms with van der Waals surface area (Å²) >= 11 is 0. The van der Waals surface area contributed by atoms with Crippen LogP contribution in [-0.2, 0) is 0 Å². The Hall–Kier alpha value is -1.06. The Morgan fingerprint density at radius 1 is 1.36 bits per heavy atom. The summed E-state index contributed by atoms with van der Waals surface area (Å²) in [5.74, 6) is 0.106. The van der Waals surface area contributed by atoms with E-state index in [1.807, 2.05) is 0 Å². The van der Waals surface area contributed by atoms with Crippen LogP contribution in [0.25, 0.3) is 0 Å². The Balaban J connectivity index is 2.29. The fourth-order valence-electron chi connectivity index (χ4n) is 1.74. The highest BCUT2D eigenvalue weighted by atomic mass is 19.4. The number of hydrogen-bond acceptors (Lipinski definition) is 1. The highest BCUT2D eigenvalue weighted by Gasteiger charge is 2.37. The first kappa shape index (κ1) is 9.49. The molecule has 0 fully saturated rings. The topological polar surface area (TPSA) is 14.1 Å². The van der Waals surface area contributed by atoms with Crippen LogP contribution in [0.4, 0.5) is 13.2 Å². The molecular formula is C10H10F3N+. The van der Waals surface area contributed by atoms with Gasteiger partial charge in [0.25, 0.3) is 5.71 Å². The van der Waals surface area contributed by atoms with E-state index in [9.17, 15) is 13.2 Å². The highest BCUT2D eigenvalue weighted by Crippen LogP contribution is 2.31. The first-order chi connectivity index (χ1) is 6.57. The van der Waals surface area contributed by atoms with Crippen LogP contribution in [-0.4, -0.2) is 18.4 Å².